The van der Waals surface area contributed by atoms with Crippen LogP contribution in [0.1, 0.15) is 27.2 Å². The Hall–Kier alpha value is -3.29. The van der Waals surface area contributed by atoms with Crippen molar-refractivity contribution >= 4 is 32.6 Å². The summed E-state index contributed by atoms with van der Waals surface area (Å²) in [6.07, 6.45) is 1.63. The molecule has 33 heavy (non-hydrogen) atoms. The summed E-state index contributed by atoms with van der Waals surface area (Å²) >= 11 is 3.40. The van der Waals surface area contributed by atoms with Crippen molar-refractivity contribution in [2.24, 2.45) is 0 Å². The van der Waals surface area contributed by atoms with E-state index >= 15 is 0 Å². The van der Waals surface area contributed by atoms with E-state index in [-0.39, 0.29) is 16.8 Å². The van der Waals surface area contributed by atoms with E-state index in [1.54, 1.807) is 43.6 Å². The molecule has 0 saturated heterocycles. The molecule has 6 nitrogen and oxygen atoms in total. The summed E-state index contributed by atoms with van der Waals surface area (Å²) in [5, 5.41) is 0.495. The smallest absolute Gasteiger partial charge is 0.200 e. The monoisotopic (exact) mass is 506 g/mol. The topological polar surface area (TPSA) is 70.4 Å². The molecule has 7 heteroatoms. The number of fused-ring (bicyclic) bond motifs is 1. The Labute approximate surface area is 199 Å². The lowest BCUT2D eigenvalue weighted by molar-refractivity contribution is 0.103. The highest BCUT2D eigenvalue weighted by Gasteiger charge is 2.18. The van der Waals surface area contributed by atoms with Gasteiger partial charge in [0, 0.05) is 24.3 Å². The van der Waals surface area contributed by atoms with Crippen LogP contribution in [0, 0.1) is 6.92 Å². The minimum absolute atomic E-state index is 0.121. The lowest BCUT2D eigenvalue weighted by Gasteiger charge is -2.14. The molecule has 0 saturated carbocycles. The van der Waals surface area contributed by atoms with Crippen LogP contribution in [-0.4, -0.2) is 35.7 Å². The summed E-state index contributed by atoms with van der Waals surface area (Å²) in [5.74, 6) is 0.355. The van der Waals surface area contributed by atoms with Crippen LogP contribution in [-0.2, 0) is 11.3 Å². The van der Waals surface area contributed by atoms with Crippen molar-refractivity contribution in [1.82, 2.24) is 9.55 Å². The molecule has 0 aliphatic rings. The molecular weight excluding hydrogens is 484 g/mol. The van der Waals surface area contributed by atoms with Gasteiger partial charge in [-0.15, -0.1) is 0 Å². The molecule has 0 fully saturated rings. The second kappa shape index (κ2) is 10.1. The average molecular weight is 507 g/mol. The zero-order chi connectivity index (χ0) is 23.4. The van der Waals surface area contributed by atoms with Crippen LogP contribution in [0.5, 0.6) is 5.75 Å². The highest BCUT2D eigenvalue weighted by atomic mass is 79.9. The van der Waals surface area contributed by atoms with E-state index in [0.29, 0.717) is 36.5 Å². The van der Waals surface area contributed by atoms with Gasteiger partial charge in [0.05, 0.1) is 29.9 Å². The molecule has 0 aliphatic carbocycles. The summed E-state index contributed by atoms with van der Waals surface area (Å²) in [6.45, 7) is 3.19. The Morgan fingerprint density at radius 3 is 2.64 bits per heavy atom. The normalized spacial score (nSPS) is 11.0. The van der Waals surface area contributed by atoms with Crippen molar-refractivity contribution in [1.29, 1.82) is 0 Å². The van der Waals surface area contributed by atoms with Crippen LogP contribution < -0.4 is 10.2 Å². The number of methoxy groups -OCH3 is 1. The molecule has 4 rings (SSSR count). The Kier molecular flexibility index (Phi) is 7.01. The van der Waals surface area contributed by atoms with E-state index in [0.717, 1.165) is 21.4 Å². The van der Waals surface area contributed by atoms with E-state index in [4.69, 9.17) is 9.47 Å². The molecule has 0 radical (unpaired) electrons. The highest BCUT2D eigenvalue weighted by molar-refractivity contribution is 9.10. The van der Waals surface area contributed by atoms with Crippen LogP contribution in [0.25, 0.3) is 10.9 Å². The minimum Gasteiger partial charge on any atom is -0.491 e. The fourth-order valence-electron chi connectivity index (χ4n) is 3.69. The van der Waals surface area contributed by atoms with Crippen molar-refractivity contribution in [3.05, 3.63) is 104 Å². The fraction of sp³-hybridized carbons (Fsp3) is 0.192. The van der Waals surface area contributed by atoms with E-state index in [9.17, 15) is 9.59 Å². The summed E-state index contributed by atoms with van der Waals surface area (Å²) in [7, 11) is 1.61. The second-order valence-electron chi connectivity index (χ2n) is 7.62. The lowest BCUT2D eigenvalue weighted by atomic mass is 10.0. The van der Waals surface area contributed by atoms with Gasteiger partial charge in [-0.3, -0.25) is 9.59 Å². The average Bonchev–Trinajstić information content (AvgIpc) is 2.82. The zero-order valence-electron chi connectivity index (χ0n) is 18.4. The third-order valence-electron chi connectivity index (χ3n) is 5.32. The van der Waals surface area contributed by atoms with Gasteiger partial charge in [0.2, 0.25) is 5.43 Å². The van der Waals surface area contributed by atoms with Crippen molar-refractivity contribution in [2.45, 2.75) is 13.5 Å². The third-order valence-corrected chi connectivity index (χ3v) is 5.76. The van der Waals surface area contributed by atoms with Gasteiger partial charge in [-0.05, 0) is 70.9 Å². The van der Waals surface area contributed by atoms with Gasteiger partial charge in [0.25, 0.3) is 0 Å². The number of carbonyl (C=O) groups is 1. The number of hydrogen-bond donors (Lipinski definition) is 0. The maximum absolute atomic E-state index is 13.4. The fourth-order valence-corrected chi connectivity index (χ4v) is 4.07. The van der Waals surface area contributed by atoms with E-state index in [2.05, 4.69) is 20.9 Å². The van der Waals surface area contributed by atoms with Crippen LogP contribution in [0.15, 0.2) is 76.3 Å². The number of aromatic nitrogens is 2. The summed E-state index contributed by atoms with van der Waals surface area (Å²) < 4.78 is 13.3. The van der Waals surface area contributed by atoms with Gasteiger partial charge in [-0.25, -0.2) is 4.98 Å². The number of para-hydroxylation sites is 1. The summed E-state index contributed by atoms with van der Waals surface area (Å²) in [5.41, 5.74) is 2.65. The molecule has 0 atom stereocenters. The van der Waals surface area contributed by atoms with Gasteiger partial charge in [0.15, 0.2) is 5.78 Å². The molecule has 0 N–H and O–H groups in total. The molecule has 4 aromatic rings. The van der Waals surface area contributed by atoms with Crippen LogP contribution in [0.2, 0.25) is 0 Å². The molecule has 0 bridgehead atoms. The van der Waals surface area contributed by atoms with Gasteiger partial charge >= 0.3 is 0 Å². The number of benzene rings is 2. The Bertz CT molecular complexity index is 1380. The van der Waals surface area contributed by atoms with Crippen molar-refractivity contribution in [2.75, 3.05) is 20.3 Å². The standard InChI is InChI=1S/C26H23BrN2O4/c1-17-14-18(10-11-23(17)33-13-12-32-2)25(30)21-16-29(15-19-6-5-9-24(27)28-19)22-8-4-3-7-20(22)26(21)31/h3-11,14,16H,12-13,15H2,1-2H3. The van der Waals surface area contributed by atoms with Crippen molar-refractivity contribution in [3.63, 3.8) is 0 Å². The largest absolute Gasteiger partial charge is 0.491 e. The SMILES string of the molecule is COCCOc1ccc(C(=O)c2cn(Cc3cccc(Br)n3)c3ccccc3c2=O)cc1C. The third kappa shape index (κ3) is 5.05. The minimum atomic E-state index is -0.326. The van der Waals surface area contributed by atoms with Crippen LogP contribution in [0.4, 0.5) is 0 Å². The first-order valence-corrected chi connectivity index (χ1v) is 11.3. The molecule has 168 valence electrons. The number of ketones is 1. The molecule has 0 amide bonds. The molecule has 2 heterocycles. The molecular formula is C26H23BrN2O4. The second-order valence-corrected chi connectivity index (χ2v) is 8.43. The van der Waals surface area contributed by atoms with Gasteiger partial charge in [-0.1, -0.05) is 18.2 Å². The zero-order valence-corrected chi connectivity index (χ0v) is 20.0. The van der Waals surface area contributed by atoms with Gasteiger partial charge in [-0.2, -0.15) is 0 Å². The Balaban J connectivity index is 1.74. The molecule has 0 spiro atoms. The Morgan fingerprint density at radius 1 is 1.06 bits per heavy atom. The van der Waals surface area contributed by atoms with E-state index < -0.39 is 0 Å². The highest BCUT2D eigenvalue weighted by Crippen LogP contribution is 2.22. The Morgan fingerprint density at radius 2 is 1.88 bits per heavy atom. The number of rotatable bonds is 8. The van der Waals surface area contributed by atoms with E-state index in [1.165, 1.54) is 0 Å². The molecule has 2 aromatic carbocycles. The molecule has 0 unspecified atom stereocenters. The number of ether oxygens (including phenoxy) is 2. The van der Waals surface area contributed by atoms with Gasteiger partial charge in [0.1, 0.15) is 17.0 Å². The van der Waals surface area contributed by atoms with Crippen molar-refractivity contribution in [3.8, 4) is 5.75 Å². The maximum Gasteiger partial charge on any atom is 0.200 e. The predicted molar refractivity (Wildman–Crippen MR) is 131 cm³/mol. The van der Waals surface area contributed by atoms with Crippen LogP contribution in [0.3, 0.4) is 0 Å². The molecule has 2 aromatic heterocycles. The maximum atomic E-state index is 13.4. The number of hydrogen-bond acceptors (Lipinski definition) is 5. The van der Waals surface area contributed by atoms with Crippen molar-refractivity contribution < 1.29 is 14.3 Å². The quantitative estimate of drug-likeness (QED) is 0.195. The summed E-state index contributed by atoms with van der Waals surface area (Å²) in [4.78, 5) is 31.1. The van der Waals surface area contributed by atoms with Gasteiger partial charge < -0.3 is 14.0 Å². The number of halogens is 1. The van der Waals surface area contributed by atoms with E-state index in [1.807, 2.05) is 41.8 Å². The lowest BCUT2D eigenvalue weighted by Crippen LogP contribution is -2.20. The van der Waals surface area contributed by atoms with Crippen LogP contribution >= 0.6 is 15.9 Å². The first kappa shape index (κ1) is 22.9. The first-order valence-electron chi connectivity index (χ1n) is 10.5. The number of pyridine rings is 2. The summed E-state index contributed by atoms with van der Waals surface area (Å²) in [6, 6.07) is 18.2. The number of carbonyl (C=O) groups excluding carboxylic acids is 1. The first-order chi connectivity index (χ1) is 16.0. The molecule has 0 aliphatic heterocycles. The number of aryl methyl sites for hydroxylation is 1. The number of nitrogens with zero attached hydrogens (tertiary/aromatic N) is 2. The predicted octanol–water partition coefficient (Wildman–Crippen LogP) is 4.77.